The van der Waals surface area contributed by atoms with Gasteiger partial charge in [0.15, 0.2) is 0 Å². The van der Waals surface area contributed by atoms with Crippen LogP contribution >= 0.6 is 34.5 Å². The molecule has 0 bridgehead atoms. The minimum atomic E-state index is -3.98. The minimum absolute atomic E-state index is 0.0119. The fraction of sp³-hybridized carbons (Fsp3) is 0.318. The predicted molar refractivity (Wildman–Crippen MR) is 134 cm³/mol. The van der Waals surface area contributed by atoms with E-state index in [0.717, 1.165) is 24.2 Å². The molecule has 2 heterocycles. The first kappa shape index (κ1) is 26.0. The lowest BCUT2D eigenvalue weighted by atomic mass is 10.1. The number of thiophene rings is 1. The van der Waals surface area contributed by atoms with Gasteiger partial charge in [0.2, 0.25) is 5.78 Å². The highest BCUT2D eigenvalue weighted by Gasteiger charge is 2.28. The molecule has 4 N–H and O–H groups in total. The second-order valence-corrected chi connectivity index (χ2v) is 11.3. The van der Waals surface area contributed by atoms with E-state index in [1.165, 1.54) is 18.6 Å². The molecule has 1 aromatic carbocycles. The van der Waals surface area contributed by atoms with Gasteiger partial charge in [-0.15, -0.1) is 11.3 Å². The van der Waals surface area contributed by atoms with Crippen molar-refractivity contribution in [3.05, 3.63) is 73.8 Å². The summed E-state index contributed by atoms with van der Waals surface area (Å²) in [5.74, 6) is 0.0413. The monoisotopic (exact) mass is 556 g/mol. The van der Waals surface area contributed by atoms with Crippen molar-refractivity contribution in [2.24, 2.45) is 11.1 Å². The zero-order valence-electron chi connectivity index (χ0n) is 18.2. The van der Waals surface area contributed by atoms with Crippen LogP contribution in [0.5, 0.6) is 0 Å². The van der Waals surface area contributed by atoms with Crippen LogP contribution in [0.2, 0.25) is 10.0 Å². The smallest absolute Gasteiger partial charge is 0.333 e. The molecule has 0 saturated heterocycles. The summed E-state index contributed by atoms with van der Waals surface area (Å²) in [5, 5.41) is 19.7. The highest BCUT2D eigenvalue weighted by molar-refractivity contribution is 7.84. The normalized spacial score (nSPS) is 19.0. The fourth-order valence-electron chi connectivity index (χ4n) is 3.99. The number of hydrogen-bond acceptors (Lipinski definition) is 9. The van der Waals surface area contributed by atoms with Gasteiger partial charge in [0.25, 0.3) is 0 Å². The first-order valence-corrected chi connectivity index (χ1v) is 13.7. The van der Waals surface area contributed by atoms with Gasteiger partial charge in [-0.25, -0.2) is 15.1 Å². The molecular weight excluding hydrogens is 535 g/mol. The average molecular weight is 557 g/mol. The Balaban J connectivity index is 1.49. The van der Waals surface area contributed by atoms with Crippen LogP contribution in [0.3, 0.4) is 0 Å². The third-order valence-corrected chi connectivity index (χ3v) is 7.97. The highest BCUT2D eigenvalue weighted by Crippen LogP contribution is 2.37. The first-order valence-electron chi connectivity index (χ1n) is 10.6. The van der Waals surface area contributed by atoms with Crippen LogP contribution in [0.15, 0.2) is 42.9 Å². The molecule has 1 fully saturated rings. The van der Waals surface area contributed by atoms with E-state index in [-0.39, 0.29) is 34.9 Å². The minimum Gasteiger partial charge on any atom is -0.383 e. The van der Waals surface area contributed by atoms with E-state index in [0.29, 0.717) is 32.6 Å². The topological polar surface area (TPSA) is 144 Å². The summed E-state index contributed by atoms with van der Waals surface area (Å²) in [7, 11) is -3.98. The molecule has 3 atom stereocenters. The molecule has 9 nitrogen and oxygen atoms in total. The number of ketones is 1. The summed E-state index contributed by atoms with van der Waals surface area (Å²) in [6.45, 7) is 0.0119. The van der Waals surface area contributed by atoms with Gasteiger partial charge in [-0.05, 0) is 48.9 Å². The molecule has 0 aliphatic heterocycles. The van der Waals surface area contributed by atoms with E-state index in [1.807, 2.05) is 0 Å². The van der Waals surface area contributed by atoms with Crippen molar-refractivity contribution in [3.63, 3.8) is 0 Å². The molecule has 1 saturated carbocycles. The van der Waals surface area contributed by atoms with Crippen LogP contribution in [0.1, 0.15) is 51.0 Å². The second kappa shape index (κ2) is 10.9. The number of carbonyl (C=O) groups excluding carboxylic acids is 1. The van der Waals surface area contributed by atoms with Crippen LogP contribution < -0.4 is 10.5 Å². The molecule has 0 radical (unpaired) electrons. The first-order chi connectivity index (χ1) is 16.6. The van der Waals surface area contributed by atoms with Gasteiger partial charge in [-0.2, -0.15) is 8.42 Å². The van der Waals surface area contributed by atoms with Gasteiger partial charge in [0, 0.05) is 17.3 Å². The summed E-state index contributed by atoms with van der Waals surface area (Å²) in [6, 6.07) is 8.28. The number of aromatic nitrogens is 2. The van der Waals surface area contributed by atoms with Crippen LogP contribution in [0.25, 0.3) is 0 Å². The van der Waals surface area contributed by atoms with E-state index in [4.69, 9.17) is 32.5 Å². The molecule has 1 aliphatic carbocycles. The van der Waals surface area contributed by atoms with Crippen LogP contribution in [0.4, 0.5) is 5.82 Å². The zero-order chi connectivity index (χ0) is 25.2. The lowest BCUT2D eigenvalue weighted by molar-refractivity contribution is 0.104. The Hall–Kier alpha value is -2.12. The molecule has 35 heavy (non-hydrogen) atoms. The number of aliphatic hydroxyl groups is 1. The maximum atomic E-state index is 13.3. The van der Waals surface area contributed by atoms with Crippen LogP contribution in [0, 0.1) is 5.92 Å². The summed E-state index contributed by atoms with van der Waals surface area (Å²) in [5.41, 5.74) is 0.825. The van der Waals surface area contributed by atoms with Crippen molar-refractivity contribution in [2.45, 2.75) is 31.4 Å². The van der Waals surface area contributed by atoms with E-state index in [1.54, 1.807) is 24.3 Å². The lowest BCUT2D eigenvalue weighted by Gasteiger charge is -2.15. The Morgan fingerprint density at radius 3 is 2.86 bits per heavy atom. The largest absolute Gasteiger partial charge is 0.383 e. The molecule has 4 rings (SSSR count). The molecule has 3 aromatic rings. The van der Waals surface area contributed by atoms with E-state index >= 15 is 0 Å². The standard InChI is InChI=1S/C22H22Cl2N4O5S2/c23-14-3-1-2-13(7-14)19(29)21-17(24)8-18(34-21)20(30)16-9-26-11-27-22(16)28-15-5-4-12(6-15)10-33-35(25,31)32/h1-3,7-9,11-12,15,19,29H,4-6,10H2,(H2,25,31,32)(H,26,27,28)/t12?,15-,19?/m0/s1. The van der Waals surface area contributed by atoms with Gasteiger partial charge in [-0.1, -0.05) is 35.3 Å². The molecule has 2 unspecified atom stereocenters. The molecule has 186 valence electrons. The van der Waals surface area contributed by atoms with E-state index < -0.39 is 16.4 Å². The van der Waals surface area contributed by atoms with Gasteiger partial charge in [0.1, 0.15) is 18.2 Å². The Morgan fingerprint density at radius 2 is 2.11 bits per heavy atom. The van der Waals surface area contributed by atoms with Crippen molar-refractivity contribution < 1.29 is 22.5 Å². The average Bonchev–Trinajstić information content (AvgIpc) is 3.43. The summed E-state index contributed by atoms with van der Waals surface area (Å²) >= 11 is 13.5. The Kier molecular flexibility index (Phi) is 8.06. The second-order valence-electron chi connectivity index (χ2n) is 8.19. The maximum absolute atomic E-state index is 13.3. The number of nitrogens with zero attached hydrogens (tertiary/aromatic N) is 2. The van der Waals surface area contributed by atoms with Crippen molar-refractivity contribution in [1.82, 2.24) is 9.97 Å². The molecule has 2 aromatic heterocycles. The number of benzene rings is 1. The zero-order valence-corrected chi connectivity index (χ0v) is 21.4. The number of rotatable bonds is 9. The number of nitrogens with two attached hydrogens (primary N) is 1. The third-order valence-electron chi connectivity index (χ3n) is 5.66. The number of aliphatic hydroxyl groups excluding tert-OH is 1. The molecule has 1 aliphatic rings. The number of anilines is 1. The van der Waals surface area contributed by atoms with Gasteiger partial charge < -0.3 is 10.4 Å². The lowest BCUT2D eigenvalue weighted by Crippen LogP contribution is -2.22. The summed E-state index contributed by atoms with van der Waals surface area (Å²) in [6.07, 6.45) is 3.85. The number of halogens is 2. The van der Waals surface area contributed by atoms with Gasteiger partial charge in [-0.3, -0.25) is 8.98 Å². The molecule has 0 amide bonds. The van der Waals surface area contributed by atoms with Crippen LogP contribution in [-0.4, -0.2) is 41.9 Å². The fourth-order valence-corrected chi connectivity index (χ4v) is 5.99. The highest BCUT2D eigenvalue weighted by atomic mass is 35.5. The third kappa shape index (κ3) is 6.56. The maximum Gasteiger partial charge on any atom is 0.333 e. The molecule has 13 heteroatoms. The van der Waals surface area contributed by atoms with Crippen molar-refractivity contribution in [3.8, 4) is 0 Å². The quantitative estimate of drug-likeness (QED) is 0.336. The number of nitrogens with one attached hydrogen (secondary N) is 1. The molecular formula is C22H22Cl2N4O5S2. The Bertz CT molecular complexity index is 1330. The van der Waals surface area contributed by atoms with Crippen LogP contribution in [-0.2, 0) is 14.5 Å². The van der Waals surface area contributed by atoms with E-state index in [2.05, 4.69) is 15.3 Å². The van der Waals surface area contributed by atoms with E-state index in [9.17, 15) is 18.3 Å². The van der Waals surface area contributed by atoms with Gasteiger partial charge in [0.05, 0.1) is 26.9 Å². The predicted octanol–water partition coefficient (Wildman–Crippen LogP) is 3.96. The number of carbonyl (C=O) groups is 1. The van der Waals surface area contributed by atoms with Crippen molar-refractivity contribution in [2.75, 3.05) is 11.9 Å². The Labute approximate surface area is 216 Å². The van der Waals surface area contributed by atoms with Crippen molar-refractivity contribution >= 4 is 56.4 Å². The molecule has 0 spiro atoms. The Morgan fingerprint density at radius 1 is 1.31 bits per heavy atom. The summed E-state index contributed by atoms with van der Waals surface area (Å²) < 4.78 is 26.8. The SMILES string of the molecule is NS(=O)(=O)OCC1CC[C@H](Nc2ncncc2C(=O)c2cc(Cl)c(C(O)c3cccc(Cl)c3)s2)C1. The summed E-state index contributed by atoms with van der Waals surface area (Å²) in [4.78, 5) is 22.3. The van der Waals surface area contributed by atoms with Crippen molar-refractivity contribution in [1.29, 1.82) is 0 Å². The number of hydrogen-bond donors (Lipinski definition) is 3. The van der Waals surface area contributed by atoms with Gasteiger partial charge >= 0.3 is 10.3 Å².